The van der Waals surface area contributed by atoms with Gasteiger partial charge in [0.2, 0.25) is 5.91 Å². The maximum absolute atomic E-state index is 13.6. The number of nitrogens with one attached hydrogen (secondary N) is 1. The highest BCUT2D eigenvalue weighted by molar-refractivity contribution is 7.45. The molecule has 1 N–H and O–H groups in total. The summed E-state index contributed by atoms with van der Waals surface area (Å²) >= 11 is 0. The van der Waals surface area contributed by atoms with Crippen molar-refractivity contribution >= 4 is 19.7 Å². The van der Waals surface area contributed by atoms with E-state index in [0.29, 0.717) is 17.4 Å². The van der Waals surface area contributed by atoms with Gasteiger partial charge in [-0.05, 0) is 70.3 Å². The van der Waals surface area contributed by atoms with Crippen molar-refractivity contribution in [1.82, 2.24) is 5.32 Å². The van der Waals surface area contributed by atoms with E-state index in [1.165, 1.54) is 218 Å². The average Bonchev–Trinajstić information content (AvgIpc) is 3.44. The zero-order valence-corrected chi connectivity index (χ0v) is 55.4. The molecule has 0 aromatic heterocycles. The van der Waals surface area contributed by atoms with Crippen molar-refractivity contribution in [3.05, 3.63) is 48.6 Å². The summed E-state index contributed by atoms with van der Waals surface area (Å²) in [6, 6.07) is -0.894. The van der Waals surface area contributed by atoms with Crippen LogP contribution in [-0.4, -0.2) is 69.4 Å². The lowest BCUT2D eigenvalue weighted by atomic mass is 10.0. The van der Waals surface area contributed by atoms with E-state index in [-0.39, 0.29) is 24.9 Å². The molecule has 10 heteroatoms. The molecule has 0 bridgehead atoms. The van der Waals surface area contributed by atoms with Crippen molar-refractivity contribution in [3.63, 3.8) is 0 Å². The predicted octanol–water partition coefficient (Wildman–Crippen LogP) is 21.4. The predicted molar refractivity (Wildman–Crippen MR) is 349 cm³/mol. The standard InChI is InChI=1S/C71H135N2O7P/c1-7-10-13-16-19-22-25-28-30-32-34-35-36-37-39-41-43-46-49-52-55-58-61-64-71(75)80-69(62-59-56-53-50-47-44-27-24-21-18-15-12-9-3)68(67-79-81(76,77)78-66-65-73(4,5)6)72-70(74)63-60-57-54-51-48-45-42-40-38-33-31-29-26-23-20-17-14-11-8-2/h20,23,29,31,38,40,59,62,68-69H,7-19,21-22,24-28,30,32-37,39,41-58,60-61,63-67H2,1-6H3,(H-,72,74,76,77)/b23-20-,31-29-,40-38-,62-59+. The average molecular weight is 1160 g/mol. The van der Waals surface area contributed by atoms with Gasteiger partial charge in [0, 0.05) is 12.8 Å². The Bertz CT molecular complexity index is 1520. The number of allylic oxidation sites excluding steroid dienone is 7. The third-order valence-corrected chi connectivity index (χ3v) is 16.7. The molecule has 0 spiro atoms. The lowest BCUT2D eigenvalue weighted by molar-refractivity contribution is -0.870. The topological polar surface area (TPSA) is 114 Å². The Morgan fingerprint density at radius 1 is 0.432 bits per heavy atom. The van der Waals surface area contributed by atoms with Crippen LogP contribution in [0.5, 0.6) is 0 Å². The normalized spacial score (nSPS) is 13.8. The van der Waals surface area contributed by atoms with E-state index in [9.17, 15) is 19.0 Å². The summed E-state index contributed by atoms with van der Waals surface area (Å²) in [5.74, 6) is -0.539. The van der Waals surface area contributed by atoms with Crippen molar-refractivity contribution in [2.24, 2.45) is 0 Å². The molecule has 0 heterocycles. The first kappa shape index (κ1) is 79.0. The molecule has 0 fully saturated rings. The molecule has 0 aliphatic heterocycles. The number of carbonyl (C=O) groups is 2. The third-order valence-electron chi connectivity index (χ3n) is 15.8. The van der Waals surface area contributed by atoms with E-state index in [4.69, 9.17) is 13.8 Å². The van der Waals surface area contributed by atoms with Crippen LogP contribution in [0.15, 0.2) is 48.6 Å². The minimum atomic E-state index is -4.71. The summed E-state index contributed by atoms with van der Waals surface area (Å²) in [5, 5.41) is 3.04. The molecule has 9 nitrogen and oxygen atoms in total. The third kappa shape index (κ3) is 62.3. The number of ether oxygens (including phenoxy) is 1. The fraction of sp³-hybridized carbons (Fsp3) is 0.859. The van der Waals surface area contributed by atoms with Crippen molar-refractivity contribution in [2.75, 3.05) is 40.9 Å². The maximum Gasteiger partial charge on any atom is 0.306 e. The van der Waals surface area contributed by atoms with Crippen LogP contribution in [0.25, 0.3) is 0 Å². The molecule has 0 rings (SSSR count). The first-order chi connectivity index (χ1) is 39.4. The van der Waals surface area contributed by atoms with Crippen LogP contribution in [0.4, 0.5) is 0 Å². The van der Waals surface area contributed by atoms with Crippen LogP contribution >= 0.6 is 7.82 Å². The van der Waals surface area contributed by atoms with Gasteiger partial charge >= 0.3 is 5.97 Å². The quantitative estimate of drug-likeness (QED) is 0.0212. The Balaban J connectivity index is 5.13. The number of phosphoric acid groups is 1. The first-order valence-electron chi connectivity index (χ1n) is 34.9. The van der Waals surface area contributed by atoms with E-state index < -0.39 is 26.6 Å². The molecule has 476 valence electrons. The summed E-state index contributed by atoms with van der Waals surface area (Å²) < 4.78 is 30.4. The molecular weight excluding hydrogens is 1020 g/mol. The van der Waals surface area contributed by atoms with Gasteiger partial charge in [0.05, 0.1) is 33.8 Å². The molecule has 0 radical (unpaired) electrons. The van der Waals surface area contributed by atoms with E-state index in [1.807, 2.05) is 33.3 Å². The number of phosphoric ester groups is 1. The molecule has 0 saturated carbocycles. The van der Waals surface area contributed by atoms with Gasteiger partial charge < -0.3 is 28.5 Å². The number of nitrogens with zero attached hydrogens (tertiary/aromatic N) is 1. The SMILES string of the molecule is CCCCC/C=C\C/C=C\C/C=C\CCCCCCCCC(=O)NC(COP(=O)([O-])OCC[N+](C)(C)C)C(/C=C/CCCCCCCCCCCCC)OC(=O)CCCCCCCCCCCCCCCCCCCCCCCCC. The van der Waals surface area contributed by atoms with E-state index in [1.54, 1.807) is 0 Å². The van der Waals surface area contributed by atoms with Crippen molar-refractivity contribution in [3.8, 4) is 0 Å². The highest BCUT2D eigenvalue weighted by Gasteiger charge is 2.27. The Hall–Kier alpha value is -2.03. The van der Waals surface area contributed by atoms with Gasteiger partial charge in [0.1, 0.15) is 19.3 Å². The highest BCUT2D eigenvalue weighted by Crippen LogP contribution is 2.38. The Kier molecular flexibility index (Phi) is 59.5. The number of amides is 1. The van der Waals surface area contributed by atoms with Gasteiger partial charge in [-0.3, -0.25) is 14.2 Å². The maximum atomic E-state index is 13.6. The lowest BCUT2D eigenvalue weighted by Gasteiger charge is -2.30. The molecule has 81 heavy (non-hydrogen) atoms. The molecule has 3 atom stereocenters. The Morgan fingerprint density at radius 3 is 1.15 bits per heavy atom. The van der Waals surface area contributed by atoms with E-state index in [2.05, 4.69) is 62.5 Å². The zero-order chi connectivity index (χ0) is 59.3. The minimum Gasteiger partial charge on any atom is -0.756 e. The number of esters is 1. The van der Waals surface area contributed by atoms with E-state index >= 15 is 0 Å². The van der Waals surface area contributed by atoms with Gasteiger partial charge in [-0.15, -0.1) is 0 Å². The van der Waals surface area contributed by atoms with Crippen LogP contribution in [0.2, 0.25) is 0 Å². The second kappa shape index (κ2) is 61.1. The fourth-order valence-electron chi connectivity index (χ4n) is 10.4. The number of carbonyl (C=O) groups excluding carboxylic acids is 2. The largest absolute Gasteiger partial charge is 0.756 e. The zero-order valence-electron chi connectivity index (χ0n) is 54.5. The molecule has 1 amide bonds. The molecule has 0 aliphatic carbocycles. The molecule has 3 unspecified atom stereocenters. The van der Waals surface area contributed by atoms with Gasteiger partial charge in [0.25, 0.3) is 7.82 Å². The van der Waals surface area contributed by atoms with Crippen LogP contribution in [0.3, 0.4) is 0 Å². The van der Waals surface area contributed by atoms with Gasteiger partial charge in [-0.2, -0.15) is 0 Å². The van der Waals surface area contributed by atoms with Crippen molar-refractivity contribution in [1.29, 1.82) is 0 Å². The number of likely N-dealkylation sites (N-methyl/N-ethyl adjacent to an activating group) is 1. The fourth-order valence-corrected chi connectivity index (χ4v) is 11.1. The first-order valence-corrected chi connectivity index (χ1v) is 36.4. The van der Waals surface area contributed by atoms with Crippen molar-refractivity contribution < 1.29 is 37.3 Å². The summed E-state index contributed by atoms with van der Waals surface area (Å²) in [6.45, 7) is 6.86. The molecule has 0 aromatic rings. The Labute approximate surface area is 503 Å². The van der Waals surface area contributed by atoms with E-state index in [0.717, 1.165) is 89.9 Å². The second-order valence-electron chi connectivity index (χ2n) is 25.0. The molecular formula is C71H135N2O7P. The molecule has 0 aliphatic rings. The second-order valence-corrected chi connectivity index (χ2v) is 26.5. The summed E-state index contributed by atoms with van der Waals surface area (Å²) in [4.78, 5) is 40.2. The van der Waals surface area contributed by atoms with Crippen LogP contribution in [0.1, 0.15) is 342 Å². The van der Waals surface area contributed by atoms with Crippen LogP contribution < -0.4 is 10.2 Å². The smallest absolute Gasteiger partial charge is 0.306 e. The van der Waals surface area contributed by atoms with Gasteiger partial charge in [0.15, 0.2) is 0 Å². The van der Waals surface area contributed by atoms with Crippen LogP contribution in [0, 0.1) is 0 Å². The highest BCUT2D eigenvalue weighted by atomic mass is 31.2. The molecule has 0 aromatic carbocycles. The van der Waals surface area contributed by atoms with Gasteiger partial charge in [-0.25, -0.2) is 0 Å². The van der Waals surface area contributed by atoms with Crippen molar-refractivity contribution in [2.45, 2.75) is 354 Å². The number of rotatable bonds is 64. The number of hydrogen-bond acceptors (Lipinski definition) is 7. The number of hydrogen-bond donors (Lipinski definition) is 1. The monoisotopic (exact) mass is 1160 g/mol. The number of unbranched alkanes of at least 4 members (excludes halogenated alkanes) is 42. The van der Waals surface area contributed by atoms with Gasteiger partial charge in [-0.1, -0.05) is 307 Å². The lowest BCUT2D eigenvalue weighted by Crippen LogP contribution is -2.47. The summed E-state index contributed by atoms with van der Waals surface area (Å²) in [5.41, 5.74) is 0. The molecule has 0 saturated heterocycles. The minimum absolute atomic E-state index is 0.0238. The number of quaternary nitrogens is 1. The van der Waals surface area contributed by atoms with Crippen LogP contribution in [-0.2, 0) is 27.9 Å². The Morgan fingerprint density at radius 2 is 0.753 bits per heavy atom. The summed E-state index contributed by atoms with van der Waals surface area (Å²) in [7, 11) is 1.19. The summed E-state index contributed by atoms with van der Waals surface area (Å²) in [6.07, 6.45) is 76.6.